The second-order valence-corrected chi connectivity index (χ2v) is 9.09. The van der Waals surface area contributed by atoms with Gasteiger partial charge in [0.05, 0.1) is 0 Å². The zero-order chi connectivity index (χ0) is 19.5. The Bertz CT molecular complexity index is 700. The molecule has 3 saturated carbocycles. The highest BCUT2D eigenvalue weighted by molar-refractivity contribution is 5.95. The number of nitrogens with one attached hydrogen (secondary N) is 2. The van der Waals surface area contributed by atoms with Crippen LogP contribution in [0.15, 0.2) is 24.3 Å². The largest absolute Gasteiger partial charge is 0.327 e. The molecule has 0 aliphatic heterocycles. The molecule has 0 saturated heterocycles. The van der Waals surface area contributed by atoms with E-state index in [-0.39, 0.29) is 29.7 Å². The Labute approximate surface area is 167 Å². The second kappa shape index (κ2) is 8.64. The Hall–Kier alpha value is -1.88. The molecule has 4 rings (SSSR count). The minimum absolute atomic E-state index is 0.0515. The van der Waals surface area contributed by atoms with Gasteiger partial charge in [0, 0.05) is 29.3 Å². The zero-order valence-corrected chi connectivity index (χ0v) is 16.7. The van der Waals surface area contributed by atoms with E-state index in [1.54, 1.807) is 0 Å². The van der Waals surface area contributed by atoms with Crippen LogP contribution in [0.1, 0.15) is 64.2 Å². The van der Waals surface area contributed by atoms with Gasteiger partial charge in [0.25, 0.3) is 0 Å². The molecule has 4 N–H and O–H groups in total. The zero-order valence-electron chi connectivity index (χ0n) is 16.7. The third kappa shape index (κ3) is 4.40. The number of rotatable bonds is 4. The number of benzene rings is 1. The minimum Gasteiger partial charge on any atom is -0.327 e. The summed E-state index contributed by atoms with van der Waals surface area (Å²) < 4.78 is 0. The number of hydrogen-bond donors (Lipinski definition) is 3. The van der Waals surface area contributed by atoms with Gasteiger partial charge in [-0.05, 0) is 68.6 Å². The molecule has 1 aromatic rings. The molecule has 3 fully saturated rings. The van der Waals surface area contributed by atoms with Crippen molar-refractivity contribution in [3.8, 4) is 0 Å². The molecule has 5 heteroatoms. The maximum absolute atomic E-state index is 12.8. The van der Waals surface area contributed by atoms with Crippen molar-refractivity contribution in [3.05, 3.63) is 24.3 Å². The first kappa shape index (κ1) is 19.4. The standard InChI is InChI=1S/C23H33N3O2/c24-21-16-8-4-9-17(21)13-18(12-16)23(28)26-20-11-5-10-19(14-20)25-22(27)15-6-2-1-3-7-15/h5,10-11,14-18,21H,1-4,6-9,12-13,24H2,(H,25,27)(H,26,28). The van der Waals surface area contributed by atoms with Crippen LogP contribution in [0.2, 0.25) is 0 Å². The van der Waals surface area contributed by atoms with Crippen molar-refractivity contribution in [2.75, 3.05) is 10.6 Å². The summed E-state index contributed by atoms with van der Waals surface area (Å²) in [6.45, 7) is 0. The maximum atomic E-state index is 12.8. The molecule has 3 aliphatic rings. The molecule has 28 heavy (non-hydrogen) atoms. The van der Waals surface area contributed by atoms with Gasteiger partial charge in [-0.2, -0.15) is 0 Å². The van der Waals surface area contributed by atoms with Crippen molar-refractivity contribution in [1.82, 2.24) is 0 Å². The van der Waals surface area contributed by atoms with E-state index in [9.17, 15) is 9.59 Å². The van der Waals surface area contributed by atoms with Crippen LogP contribution in [-0.2, 0) is 9.59 Å². The normalized spacial score (nSPS) is 30.5. The summed E-state index contributed by atoms with van der Waals surface area (Å²) in [5.74, 6) is 1.36. The second-order valence-electron chi connectivity index (χ2n) is 9.09. The van der Waals surface area contributed by atoms with Crippen molar-refractivity contribution in [3.63, 3.8) is 0 Å². The first-order valence-corrected chi connectivity index (χ1v) is 11.1. The first-order valence-electron chi connectivity index (χ1n) is 11.1. The van der Waals surface area contributed by atoms with Gasteiger partial charge >= 0.3 is 0 Å². The summed E-state index contributed by atoms with van der Waals surface area (Å²) in [7, 11) is 0. The molecule has 1 aromatic carbocycles. The lowest BCUT2D eigenvalue weighted by Crippen LogP contribution is -2.48. The molecule has 0 spiro atoms. The lowest BCUT2D eigenvalue weighted by atomic mass is 9.65. The maximum Gasteiger partial charge on any atom is 0.227 e. The summed E-state index contributed by atoms with van der Waals surface area (Å²) >= 11 is 0. The summed E-state index contributed by atoms with van der Waals surface area (Å²) in [4.78, 5) is 25.3. The first-order chi connectivity index (χ1) is 13.6. The molecule has 5 nitrogen and oxygen atoms in total. The van der Waals surface area contributed by atoms with Crippen LogP contribution in [0.5, 0.6) is 0 Å². The summed E-state index contributed by atoms with van der Waals surface area (Å²) in [5, 5.41) is 6.11. The van der Waals surface area contributed by atoms with Gasteiger partial charge in [-0.1, -0.05) is 31.7 Å². The molecule has 2 unspecified atom stereocenters. The Morgan fingerprint density at radius 3 is 1.96 bits per heavy atom. The summed E-state index contributed by atoms with van der Waals surface area (Å²) in [6.07, 6.45) is 10.8. The monoisotopic (exact) mass is 383 g/mol. The average molecular weight is 384 g/mol. The highest BCUT2D eigenvalue weighted by Gasteiger charge is 2.40. The van der Waals surface area contributed by atoms with E-state index in [0.717, 1.165) is 62.7 Å². The topological polar surface area (TPSA) is 84.2 Å². The van der Waals surface area contributed by atoms with Crippen molar-refractivity contribution in [2.24, 2.45) is 29.4 Å². The molecule has 152 valence electrons. The Morgan fingerprint density at radius 2 is 1.36 bits per heavy atom. The number of anilines is 2. The Kier molecular flexibility index (Phi) is 6.00. The van der Waals surface area contributed by atoms with Crippen LogP contribution in [-0.4, -0.2) is 17.9 Å². The van der Waals surface area contributed by atoms with Gasteiger partial charge < -0.3 is 16.4 Å². The smallest absolute Gasteiger partial charge is 0.227 e. The molecule has 0 radical (unpaired) electrons. The van der Waals surface area contributed by atoms with E-state index in [4.69, 9.17) is 5.73 Å². The van der Waals surface area contributed by atoms with Crippen LogP contribution >= 0.6 is 0 Å². The molecule has 2 atom stereocenters. The average Bonchev–Trinajstić information content (AvgIpc) is 2.68. The SMILES string of the molecule is NC1C2CCCC1CC(C(=O)Nc1cccc(NC(=O)C3CCCCC3)c1)C2. The predicted octanol–water partition coefficient (Wildman–Crippen LogP) is 4.30. The fourth-order valence-corrected chi connectivity index (χ4v) is 5.53. The third-order valence-corrected chi connectivity index (χ3v) is 7.16. The number of carbonyl (C=O) groups excluding carboxylic acids is 2. The van der Waals surface area contributed by atoms with Crippen molar-refractivity contribution in [2.45, 2.75) is 70.3 Å². The quantitative estimate of drug-likeness (QED) is 0.725. The van der Waals surface area contributed by atoms with Gasteiger partial charge in [0.2, 0.25) is 11.8 Å². The van der Waals surface area contributed by atoms with Crippen LogP contribution in [0.25, 0.3) is 0 Å². The Morgan fingerprint density at radius 1 is 0.786 bits per heavy atom. The van der Waals surface area contributed by atoms with Crippen molar-refractivity contribution in [1.29, 1.82) is 0 Å². The van der Waals surface area contributed by atoms with E-state index < -0.39 is 0 Å². The lowest BCUT2D eigenvalue weighted by molar-refractivity contribution is -0.122. The lowest BCUT2D eigenvalue weighted by Gasteiger charge is -2.43. The third-order valence-electron chi connectivity index (χ3n) is 7.16. The molecular weight excluding hydrogens is 350 g/mol. The number of nitrogens with two attached hydrogens (primary N) is 1. The predicted molar refractivity (Wildman–Crippen MR) is 112 cm³/mol. The van der Waals surface area contributed by atoms with Gasteiger partial charge in [-0.25, -0.2) is 0 Å². The molecule has 2 bridgehead atoms. The number of amides is 2. The highest BCUT2D eigenvalue weighted by Crippen LogP contribution is 2.42. The number of hydrogen-bond acceptors (Lipinski definition) is 3. The molecular formula is C23H33N3O2. The van der Waals surface area contributed by atoms with E-state index in [1.165, 1.54) is 12.8 Å². The van der Waals surface area contributed by atoms with E-state index >= 15 is 0 Å². The fourth-order valence-electron chi connectivity index (χ4n) is 5.53. The van der Waals surface area contributed by atoms with E-state index in [1.807, 2.05) is 24.3 Å². The van der Waals surface area contributed by atoms with E-state index in [0.29, 0.717) is 11.8 Å². The minimum atomic E-state index is 0.0515. The molecule has 3 aliphatic carbocycles. The summed E-state index contributed by atoms with van der Waals surface area (Å²) in [5.41, 5.74) is 7.87. The van der Waals surface area contributed by atoms with Crippen LogP contribution < -0.4 is 16.4 Å². The van der Waals surface area contributed by atoms with Gasteiger partial charge in [-0.3, -0.25) is 9.59 Å². The summed E-state index contributed by atoms with van der Waals surface area (Å²) in [6, 6.07) is 7.81. The van der Waals surface area contributed by atoms with Crippen LogP contribution in [0, 0.1) is 23.7 Å². The van der Waals surface area contributed by atoms with Crippen LogP contribution in [0.4, 0.5) is 11.4 Å². The number of carbonyl (C=O) groups is 2. The van der Waals surface area contributed by atoms with Crippen molar-refractivity contribution >= 4 is 23.2 Å². The molecule has 2 amide bonds. The van der Waals surface area contributed by atoms with Gasteiger partial charge in [0.15, 0.2) is 0 Å². The van der Waals surface area contributed by atoms with Gasteiger partial charge in [0.1, 0.15) is 0 Å². The van der Waals surface area contributed by atoms with Gasteiger partial charge in [-0.15, -0.1) is 0 Å². The van der Waals surface area contributed by atoms with E-state index in [2.05, 4.69) is 10.6 Å². The molecule has 0 aromatic heterocycles. The van der Waals surface area contributed by atoms with Crippen molar-refractivity contribution < 1.29 is 9.59 Å². The molecule has 0 heterocycles. The highest BCUT2D eigenvalue weighted by atomic mass is 16.2. The fraction of sp³-hybridized carbons (Fsp3) is 0.652. The number of fused-ring (bicyclic) bond motifs is 2. The van der Waals surface area contributed by atoms with Crippen LogP contribution in [0.3, 0.4) is 0 Å². The Balaban J connectivity index is 1.35.